The lowest BCUT2D eigenvalue weighted by molar-refractivity contribution is 0.0935. The Bertz CT molecular complexity index is 1040. The highest BCUT2D eigenvalue weighted by Gasteiger charge is 2.23. The predicted octanol–water partition coefficient (Wildman–Crippen LogP) is 3.66. The number of halogens is 1. The zero-order valence-electron chi connectivity index (χ0n) is 14.7. The fourth-order valence-corrected chi connectivity index (χ4v) is 4.33. The number of sulfonamides is 1. The van der Waals surface area contributed by atoms with Crippen LogP contribution in [0.3, 0.4) is 0 Å². The van der Waals surface area contributed by atoms with Crippen molar-refractivity contribution in [3.05, 3.63) is 71.2 Å². The smallest absolute Gasteiger partial charge is 0.242 e. The summed E-state index contributed by atoms with van der Waals surface area (Å²) in [6, 6.07) is 19.8. The average molecular weight is 450 g/mol. The second-order valence-electron chi connectivity index (χ2n) is 6.22. The Kier molecular flexibility index (Phi) is 6.16. The first-order valence-corrected chi connectivity index (χ1v) is 10.6. The van der Waals surface area contributed by atoms with E-state index in [4.69, 9.17) is 4.74 Å². The van der Waals surface area contributed by atoms with E-state index in [-0.39, 0.29) is 18.0 Å². The Morgan fingerprint density at radius 3 is 2.52 bits per heavy atom. The number of ether oxygens (including phenoxy) is 1. The minimum atomic E-state index is -3.70. The monoisotopic (exact) mass is 449 g/mol. The maximum absolute atomic E-state index is 12.8. The molecule has 3 aromatic carbocycles. The molecule has 0 spiro atoms. The molecule has 0 unspecified atom stereocenters. The third-order valence-electron chi connectivity index (χ3n) is 4.14. The molecule has 7 heteroatoms. The third-order valence-corrected chi connectivity index (χ3v) is 6.45. The SMILES string of the molecule is CN(C[C@@H](O)COc1cccc(Br)c1)S(=O)(=O)c1ccc2ccccc2c1. The highest BCUT2D eigenvalue weighted by molar-refractivity contribution is 9.10. The second-order valence-corrected chi connectivity index (χ2v) is 9.18. The van der Waals surface area contributed by atoms with Gasteiger partial charge in [-0.1, -0.05) is 52.3 Å². The van der Waals surface area contributed by atoms with Crippen molar-refractivity contribution in [2.45, 2.75) is 11.0 Å². The molecule has 0 aliphatic heterocycles. The van der Waals surface area contributed by atoms with Crippen LogP contribution < -0.4 is 4.74 Å². The molecular formula is C20H20BrNO4S. The van der Waals surface area contributed by atoms with Crippen LogP contribution >= 0.6 is 15.9 Å². The average Bonchev–Trinajstić information content (AvgIpc) is 2.66. The molecule has 0 amide bonds. The molecule has 0 saturated heterocycles. The molecule has 0 aliphatic carbocycles. The first-order chi connectivity index (χ1) is 12.9. The topological polar surface area (TPSA) is 66.8 Å². The molecule has 0 radical (unpaired) electrons. The van der Waals surface area contributed by atoms with Crippen LogP contribution in [0.1, 0.15) is 0 Å². The molecule has 0 heterocycles. The summed E-state index contributed by atoms with van der Waals surface area (Å²) in [5.41, 5.74) is 0. The summed E-state index contributed by atoms with van der Waals surface area (Å²) >= 11 is 3.35. The largest absolute Gasteiger partial charge is 0.491 e. The first kappa shape index (κ1) is 19.8. The molecule has 142 valence electrons. The lowest BCUT2D eigenvalue weighted by Crippen LogP contribution is -2.37. The normalized spacial score (nSPS) is 13.0. The number of aliphatic hydroxyl groups excluding tert-OH is 1. The summed E-state index contributed by atoms with van der Waals surface area (Å²) in [5.74, 6) is 0.600. The molecule has 5 nitrogen and oxygen atoms in total. The van der Waals surface area contributed by atoms with Gasteiger partial charge in [-0.3, -0.25) is 0 Å². The molecule has 1 N–H and O–H groups in total. The van der Waals surface area contributed by atoms with Gasteiger partial charge in [0.2, 0.25) is 10.0 Å². The van der Waals surface area contributed by atoms with Crippen LogP contribution in [-0.2, 0) is 10.0 Å². The summed E-state index contributed by atoms with van der Waals surface area (Å²) in [5, 5.41) is 12.0. The molecule has 0 aliphatic rings. The Labute approximate surface area is 167 Å². The molecular weight excluding hydrogens is 430 g/mol. The second kappa shape index (κ2) is 8.39. The van der Waals surface area contributed by atoms with Gasteiger partial charge in [0.15, 0.2) is 0 Å². The Balaban J connectivity index is 1.66. The van der Waals surface area contributed by atoms with Gasteiger partial charge in [-0.05, 0) is 41.1 Å². The molecule has 3 rings (SSSR count). The molecule has 1 atom stereocenters. The van der Waals surface area contributed by atoms with Gasteiger partial charge in [0.1, 0.15) is 18.5 Å². The van der Waals surface area contributed by atoms with E-state index >= 15 is 0 Å². The highest BCUT2D eigenvalue weighted by atomic mass is 79.9. The van der Waals surface area contributed by atoms with Crippen molar-refractivity contribution in [3.8, 4) is 5.75 Å². The standard InChI is InChI=1S/C20H20BrNO4S/c1-22(13-18(23)14-26-19-8-4-7-17(21)12-19)27(24,25)20-10-9-15-5-2-3-6-16(15)11-20/h2-12,18,23H,13-14H2,1H3/t18-/m1/s1. The van der Waals surface area contributed by atoms with E-state index in [9.17, 15) is 13.5 Å². The molecule has 27 heavy (non-hydrogen) atoms. The maximum atomic E-state index is 12.8. The summed E-state index contributed by atoms with van der Waals surface area (Å²) < 4.78 is 33.1. The molecule has 0 saturated carbocycles. The van der Waals surface area contributed by atoms with Crippen molar-refractivity contribution in [1.29, 1.82) is 0 Å². The lowest BCUT2D eigenvalue weighted by Gasteiger charge is -2.21. The van der Waals surface area contributed by atoms with Gasteiger partial charge < -0.3 is 9.84 Å². The van der Waals surface area contributed by atoms with Gasteiger partial charge in [0.05, 0.1) is 4.90 Å². The van der Waals surface area contributed by atoms with Crippen molar-refractivity contribution in [3.63, 3.8) is 0 Å². The number of benzene rings is 3. The number of fused-ring (bicyclic) bond motifs is 1. The zero-order valence-corrected chi connectivity index (χ0v) is 17.2. The predicted molar refractivity (Wildman–Crippen MR) is 109 cm³/mol. The Morgan fingerprint density at radius 2 is 1.78 bits per heavy atom. The van der Waals surface area contributed by atoms with E-state index in [2.05, 4.69) is 15.9 Å². The summed E-state index contributed by atoms with van der Waals surface area (Å²) in [6.07, 6.45) is -0.954. The minimum absolute atomic E-state index is 0.00592. The van der Waals surface area contributed by atoms with Crippen LogP contribution in [0, 0.1) is 0 Å². The van der Waals surface area contributed by atoms with E-state index in [0.717, 1.165) is 19.6 Å². The molecule has 0 bridgehead atoms. The molecule has 3 aromatic rings. The highest BCUT2D eigenvalue weighted by Crippen LogP contribution is 2.22. The van der Waals surface area contributed by atoms with Crippen LogP contribution in [0.5, 0.6) is 5.75 Å². The quantitative estimate of drug-likeness (QED) is 0.597. The van der Waals surface area contributed by atoms with E-state index < -0.39 is 16.1 Å². The van der Waals surface area contributed by atoms with Crippen LogP contribution in [0.2, 0.25) is 0 Å². The number of rotatable bonds is 7. The van der Waals surface area contributed by atoms with Crippen LogP contribution in [0.25, 0.3) is 10.8 Å². The summed E-state index contributed by atoms with van der Waals surface area (Å²) in [7, 11) is -2.25. The summed E-state index contributed by atoms with van der Waals surface area (Å²) in [4.78, 5) is 0.198. The van der Waals surface area contributed by atoms with E-state index in [0.29, 0.717) is 5.75 Å². The van der Waals surface area contributed by atoms with Gasteiger partial charge in [0.25, 0.3) is 0 Å². The number of likely N-dealkylation sites (N-methyl/N-ethyl adjacent to an activating group) is 1. The van der Waals surface area contributed by atoms with Gasteiger partial charge >= 0.3 is 0 Å². The summed E-state index contributed by atoms with van der Waals surface area (Å²) in [6.45, 7) is -0.0722. The van der Waals surface area contributed by atoms with Gasteiger partial charge in [-0.15, -0.1) is 0 Å². The zero-order chi connectivity index (χ0) is 19.4. The van der Waals surface area contributed by atoms with E-state index in [1.165, 1.54) is 7.05 Å². The first-order valence-electron chi connectivity index (χ1n) is 8.38. The van der Waals surface area contributed by atoms with E-state index in [1.54, 1.807) is 30.3 Å². The van der Waals surface area contributed by atoms with Crippen molar-refractivity contribution in [2.75, 3.05) is 20.2 Å². The van der Waals surface area contributed by atoms with Crippen molar-refractivity contribution in [2.24, 2.45) is 0 Å². The fourth-order valence-electron chi connectivity index (χ4n) is 2.70. The minimum Gasteiger partial charge on any atom is -0.491 e. The van der Waals surface area contributed by atoms with Crippen molar-refractivity contribution < 1.29 is 18.3 Å². The fraction of sp³-hybridized carbons (Fsp3) is 0.200. The van der Waals surface area contributed by atoms with Crippen LogP contribution in [0.15, 0.2) is 76.1 Å². The number of hydrogen-bond acceptors (Lipinski definition) is 4. The van der Waals surface area contributed by atoms with Crippen molar-refractivity contribution in [1.82, 2.24) is 4.31 Å². The number of hydrogen-bond donors (Lipinski definition) is 1. The third kappa shape index (κ3) is 4.87. The van der Waals surface area contributed by atoms with Crippen molar-refractivity contribution >= 4 is 36.7 Å². The maximum Gasteiger partial charge on any atom is 0.242 e. The Morgan fingerprint density at radius 1 is 1.04 bits per heavy atom. The molecule has 0 aromatic heterocycles. The number of aliphatic hydroxyl groups is 1. The van der Waals surface area contributed by atoms with Gasteiger partial charge in [-0.25, -0.2) is 8.42 Å². The van der Waals surface area contributed by atoms with Gasteiger partial charge in [-0.2, -0.15) is 4.31 Å². The molecule has 0 fully saturated rings. The van der Waals surface area contributed by atoms with Gasteiger partial charge in [0, 0.05) is 18.1 Å². The number of nitrogens with zero attached hydrogens (tertiary/aromatic N) is 1. The Hall–Kier alpha value is -1.93. The lowest BCUT2D eigenvalue weighted by atomic mass is 10.1. The van der Waals surface area contributed by atoms with Crippen LogP contribution in [0.4, 0.5) is 0 Å². The van der Waals surface area contributed by atoms with E-state index in [1.807, 2.05) is 36.4 Å². The van der Waals surface area contributed by atoms with Crippen LogP contribution in [-0.4, -0.2) is 44.1 Å².